The molecule has 0 radical (unpaired) electrons. The smallest absolute Gasteiger partial charge is 0.140 e. The van der Waals surface area contributed by atoms with E-state index in [0.717, 1.165) is 22.4 Å². The van der Waals surface area contributed by atoms with E-state index in [0.29, 0.717) is 0 Å². The topological polar surface area (TPSA) is 17.8 Å². The second-order valence-corrected chi connectivity index (χ2v) is 5.43. The Morgan fingerprint density at radius 2 is 1.23 bits per heavy atom. The van der Waals surface area contributed by atoms with Crippen molar-refractivity contribution in [3.8, 4) is 22.5 Å². The Balaban J connectivity index is 1.78. The highest BCUT2D eigenvalue weighted by Crippen LogP contribution is 2.26. The predicted octanol–water partition coefficient (Wildman–Crippen LogP) is 4.91. The van der Waals surface area contributed by atoms with Crippen LogP contribution in [0.1, 0.15) is 0 Å². The van der Waals surface area contributed by atoms with E-state index in [9.17, 15) is 0 Å². The number of para-hydroxylation sites is 2. The molecule has 0 aliphatic rings. The molecular formula is C20H16N2. The minimum atomic E-state index is 1.00. The first-order chi connectivity index (χ1) is 10.8. The molecule has 4 rings (SSSR count). The van der Waals surface area contributed by atoms with Crippen molar-refractivity contribution in [2.45, 2.75) is 0 Å². The first-order valence-electron chi connectivity index (χ1n) is 7.40. The number of hydrogen-bond acceptors (Lipinski definition) is 1. The Labute approximate surface area is 129 Å². The molecule has 3 aromatic carbocycles. The molecule has 1 aromatic heterocycles. The van der Waals surface area contributed by atoms with E-state index in [1.807, 2.05) is 18.2 Å². The lowest BCUT2D eigenvalue weighted by Gasteiger charge is -2.05. The molecule has 0 spiro atoms. The van der Waals surface area contributed by atoms with E-state index in [1.165, 1.54) is 11.1 Å². The lowest BCUT2D eigenvalue weighted by atomic mass is 10.0. The summed E-state index contributed by atoms with van der Waals surface area (Å²) in [6.45, 7) is 0. The number of imidazole rings is 1. The molecule has 0 aliphatic carbocycles. The molecule has 0 atom stereocenters. The molecule has 0 saturated heterocycles. The van der Waals surface area contributed by atoms with Crippen LogP contribution in [0.15, 0.2) is 78.9 Å². The van der Waals surface area contributed by atoms with Crippen molar-refractivity contribution >= 4 is 11.0 Å². The van der Waals surface area contributed by atoms with Gasteiger partial charge >= 0.3 is 0 Å². The fourth-order valence-electron chi connectivity index (χ4n) is 2.85. The van der Waals surface area contributed by atoms with Crippen molar-refractivity contribution in [1.82, 2.24) is 9.55 Å². The van der Waals surface area contributed by atoms with Crippen molar-refractivity contribution in [3.05, 3.63) is 78.9 Å². The molecule has 106 valence electrons. The molecular weight excluding hydrogens is 268 g/mol. The van der Waals surface area contributed by atoms with Crippen LogP contribution < -0.4 is 0 Å². The first kappa shape index (κ1) is 12.8. The van der Waals surface area contributed by atoms with Crippen molar-refractivity contribution in [3.63, 3.8) is 0 Å². The average Bonchev–Trinajstić information content (AvgIpc) is 2.93. The van der Waals surface area contributed by atoms with Gasteiger partial charge in [0.25, 0.3) is 0 Å². The zero-order valence-corrected chi connectivity index (χ0v) is 12.4. The third-order valence-corrected chi connectivity index (χ3v) is 4.04. The van der Waals surface area contributed by atoms with Crippen LogP contribution in [0.3, 0.4) is 0 Å². The molecule has 2 heteroatoms. The van der Waals surface area contributed by atoms with E-state index in [-0.39, 0.29) is 0 Å². The highest BCUT2D eigenvalue weighted by molar-refractivity contribution is 5.81. The molecule has 0 bridgehead atoms. The summed E-state index contributed by atoms with van der Waals surface area (Å²) in [4.78, 5) is 4.75. The third kappa shape index (κ3) is 2.09. The van der Waals surface area contributed by atoms with Gasteiger partial charge in [0.2, 0.25) is 0 Å². The molecule has 0 aliphatic heterocycles. The molecule has 4 aromatic rings. The fraction of sp³-hybridized carbons (Fsp3) is 0.0500. The maximum Gasteiger partial charge on any atom is 0.140 e. The summed E-state index contributed by atoms with van der Waals surface area (Å²) in [7, 11) is 2.07. The van der Waals surface area contributed by atoms with Crippen LogP contribution >= 0.6 is 0 Å². The van der Waals surface area contributed by atoms with Gasteiger partial charge in [-0.15, -0.1) is 0 Å². The first-order valence-corrected chi connectivity index (χ1v) is 7.40. The summed E-state index contributed by atoms with van der Waals surface area (Å²) in [5.74, 6) is 1.00. The number of rotatable bonds is 2. The van der Waals surface area contributed by atoms with Crippen molar-refractivity contribution < 1.29 is 0 Å². The molecule has 1 heterocycles. The van der Waals surface area contributed by atoms with Gasteiger partial charge in [0.05, 0.1) is 11.0 Å². The second kappa shape index (κ2) is 5.15. The van der Waals surface area contributed by atoms with Gasteiger partial charge < -0.3 is 4.57 Å². The number of aryl methyl sites for hydroxylation is 1. The SMILES string of the molecule is Cn1c(-c2ccc(-c3ccccc3)cc2)nc2ccccc21. The summed E-state index contributed by atoms with van der Waals surface area (Å²) in [5.41, 5.74) is 5.79. The Hall–Kier alpha value is -2.87. The van der Waals surface area contributed by atoms with Crippen LogP contribution in [0.4, 0.5) is 0 Å². The zero-order chi connectivity index (χ0) is 14.9. The lowest BCUT2D eigenvalue weighted by molar-refractivity contribution is 0.959. The molecule has 0 amide bonds. The van der Waals surface area contributed by atoms with Crippen LogP contribution in [0.25, 0.3) is 33.5 Å². The normalized spacial score (nSPS) is 11.0. The minimum absolute atomic E-state index is 1.00. The summed E-state index contributed by atoms with van der Waals surface area (Å²) in [6, 6.07) is 27.3. The fourth-order valence-corrected chi connectivity index (χ4v) is 2.85. The van der Waals surface area contributed by atoms with Crippen molar-refractivity contribution in [2.24, 2.45) is 7.05 Å². The summed E-state index contributed by atoms with van der Waals surface area (Å²) in [6.07, 6.45) is 0. The lowest BCUT2D eigenvalue weighted by Crippen LogP contribution is -1.92. The van der Waals surface area contributed by atoms with Gasteiger partial charge in [-0.2, -0.15) is 0 Å². The number of nitrogens with zero attached hydrogens (tertiary/aromatic N) is 2. The monoisotopic (exact) mass is 284 g/mol. The van der Waals surface area contributed by atoms with Gasteiger partial charge in [0.15, 0.2) is 0 Å². The number of aromatic nitrogens is 2. The van der Waals surface area contributed by atoms with Crippen LogP contribution in [-0.2, 0) is 7.05 Å². The predicted molar refractivity (Wildman–Crippen MR) is 91.6 cm³/mol. The summed E-state index contributed by atoms with van der Waals surface area (Å²) < 4.78 is 2.15. The molecule has 0 saturated carbocycles. The van der Waals surface area contributed by atoms with E-state index in [2.05, 4.69) is 72.3 Å². The van der Waals surface area contributed by atoms with Crippen molar-refractivity contribution in [2.75, 3.05) is 0 Å². The van der Waals surface area contributed by atoms with Gasteiger partial charge in [0, 0.05) is 12.6 Å². The number of benzene rings is 3. The van der Waals surface area contributed by atoms with Gasteiger partial charge in [-0.05, 0) is 23.3 Å². The van der Waals surface area contributed by atoms with E-state index in [4.69, 9.17) is 4.98 Å². The Kier molecular flexibility index (Phi) is 3.01. The van der Waals surface area contributed by atoms with Gasteiger partial charge in [-0.3, -0.25) is 0 Å². The van der Waals surface area contributed by atoms with Gasteiger partial charge in [0.1, 0.15) is 5.82 Å². The Morgan fingerprint density at radius 1 is 0.636 bits per heavy atom. The quantitative estimate of drug-likeness (QED) is 0.511. The van der Waals surface area contributed by atoms with Crippen LogP contribution in [0.2, 0.25) is 0 Å². The Morgan fingerprint density at radius 3 is 1.95 bits per heavy atom. The number of hydrogen-bond donors (Lipinski definition) is 0. The molecule has 22 heavy (non-hydrogen) atoms. The van der Waals surface area contributed by atoms with E-state index < -0.39 is 0 Å². The highest BCUT2D eigenvalue weighted by atomic mass is 15.1. The average molecular weight is 284 g/mol. The molecule has 0 unspecified atom stereocenters. The molecule has 2 nitrogen and oxygen atoms in total. The minimum Gasteiger partial charge on any atom is -0.327 e. The maximum atomic E-state index is 4.75. The largest absolute Gasteiger partial charge is 0.327 e. The number of fused-ring (bicyclic) bond motifs is 1. The summed E-state index contributed by atoms with van der Waals surface area (Å²) in [5, 5.41) is 0. The van der Waals surface area contributed by atoms with Crippen LogP contribution in [0.5, 0.6) is 0 Å². The van der Waals surface area contributed by atoms with Crippen LogP contribution in [-0.4, -0.2) is 9.55 Å². The molecule has 0 fully saturated rings. The van der Waals surface area contributed by atoms with Gasteiger partial charge in [-0.25, -0.2) is 4.98 Å². The van der Waals surface area contributed by atoms with Gasteiger partial charge in [-0.1, -0.05) is 66.7 Å². The van der Waals surface area contributed by atoms with Crippen LogP contribution in [0, 0.1) is 0 Å². The second-order valence-electron chi connectivity index (χ2n) is 5.43. The molecule has 0 N–H and O–H groups in total. The van der Waals surface area contributed by atoms with E-state index in [1.54, 1.807) is 0 Å². The maximum absolute atomic E-state index is 4.75. The van der Waals surface area contributed by atoms with Crippen molar-refractivity contribution in [1.29, 1.82) is 0 Å². The zero-order valence-electron chi connectivity index (χ0n) is 12.4. The highest BCUT2D eigenvalue weighted by Gasteiger charge is 2.09. The summed E-state index contributed by atoms with van der Waals surface area (Å²) >= 11 is 0. The Bertz CT molecular complexity index is 919. The third-order valence-electron chi connectivity index (χ3n) is 4.04. The standard InChI is InChI=1S/C20H16N2/c1-22-19-10-6-5-9-18(19)21-20(22)17-13-11-16(12-14-17)15-7-3-2-4-8-15/h2-14H,1H3. The van der Waals surface area contributed by atoms with E-state index >= 15 is 0 Å².